The first-order chi connectivity index (χ1) is 13.1. The summed E-state index contributed by atoms with van der Waals surface area (Å²) >= 11 is 1.51. The van der Waals surface area contributed by atoms with Crippen molar-refractivity contribution in [1.29, 1.82) is 0 Å². The average Bonchev–Trinajstić information content (AvgIpc) is 3.19. The molecule has 160 valence electrons. The summed E-state index contributed by atoms with van der Waals surface area (Å²) in [4.78, 5) is 16.2. The monoisotopic (exact) mass is 523 g/mol. The van der Waals surface area contributed by atoms with Gasteiger partial charge >= 0.3 is 0 Å². The number of piperazine rings is 1. The third-order valence-corrected chi connectivity index (χ3v) is 6.60. The Morgan fingerprint density at radius 1 is 1.25 bits per heavy atom. The van der Waals surface area contributed by atoms with Gasteiger partial charge in [-0.2, -0.15) is 4.37 Å². The summed E-state index contributed by atoms with van der Waals surface area (Å²) in [6, 6.07) is 0. The molecule has 0 radical (unpaired) electrons. The second-order valence-electron chi connectivity index (χ2n) is 7.45. The maximum atomic E-state index is 5.58. The molecule has 1 aromatic rings. The van der Waals surface area contributed by atoms with E-state index in [1.165, 1.54) is 11.5 Å². The van der Waals surface area contributed by atoms with Crippen molar-refractivity contribution in [1.82, 2.24) is 24.5 Å². The highest BCUT2D eigenvalue weighted by Gasteiger charge is 2.35. The molecular formula is C18H34IN7OS. The van der Waals surface area contributed by atoms with Crippen LogP contribution in [-0.2, 0) is 11.2 Å². The number of guanidine groups is 1. The number of hydrogen-bond donors (Lipinski definition) is 1. The van der Waals surface area contributed by atoms with Crippen LogP contribution in [0.4, 0.5) is 5.13 Å². The molecule has 2 aliphatic heterocycles. The summed E-state index contributed by atoms with van der Waals surface area (Å²) in [5.41, 5.74) is 0.138. The molecule has 10 heteroatoms. The van der Waals surface area contributed by atoms with Gasteiger partial charge in [0.2, 0.25) is 5.13 Å². The Labute approximate surface area is 189 Å². The molecule has 1 aromatic heterocycles. The lowest BCUT2D eigenvalue weighted by Gasteiger charge is -2.44. The van der Waals surface area contributed by atoms with E-state index in [0.29, 0.717) is 0 Å². The van der Waals surface area contributed by atoms with Crippen LogP contribution in [0, 0.1) is 0 Å². The number of ether oxygens (including phenoxy) is 1. The van der Waals surface area contributed by atoms with Crippen LogP contribution in [0.1, 0.15) is 25.6 Å². The average molecular weight is 523 g/mol. The van der Waals surface area contributed by atoms with Crippen molar-refractivity contribution in [2.45, 2.75) is 31.7 Å². The Hall–Kier alpha value is -0.720. The van der Waals surface area contributed by atoms with Gasteiger partial charge in [0, 0.05) is 76.5 Å². The number of aromatic nitrogens is 2. The number of rotatable bonds is 5. The topological polar surface area (TPSA) is 69.1 Å². The summed E-state index contributed by atoms with van der Waals surface area (Å²) in [6.07, 6.45) is 2.99. The minimum Gasteiger partial charge on any atom is -0.381 e. The highest BCUT2D eigenvalue weighted by molar-refractivity contribution is 14.0. The molecule has 0 spiro atoms. The third-order valence-electron chi connectivity index (χ3n) is 5.78. The molecule has 2 aliphatic rings. The lowest BCUT2D eigenvalue weighted by atomic mass is 9.88. The number of aliphatic imine (C=N–C) groups is 1. The van der Waals surface area contributed by atoms with Crippen molar-refractivity contribution in [2.24, 2.45) is 4.99 Å². The van der Waals surface area contributed by atoms with Crippen molar-refractivity contribution in [3.63, 3.8) is 0 Å². The summed E-state index contributed by atoms with van der Waals surface area (Å²) in [5.74, 6) is 1.94. The molecule has 0 aromatic carbocycles. The number of likely N-dealkylation sites (N-methyl/N-ethyl adjacent to an activating group) is 1. The Morgan fingerprint density at radius 2 is 1.93 bits per heavy atom. The molecular weight excluding hydrogens is 489 g/mol. The summed E-state index contributed by atoms with van der Waals surface area (Å²) in [6.45, 7) is 8.44. The highest BCUT2D eigenvalue weighted by Crippen LogP contribution is 2.25. The normalized spacial score (nSPS) is 20.2. The molecule has 2 fully saturated rings. The van der Waals surface area contributed by atoms with Crippen molar-refractivity contribution in [3.05, 3.63) is 5.82 Å². The molecule has 1 N–H and O–H groups in total. The van der Waals surface area contributed by atoms with Crippen LogP contribution in [0.3, 0.4) is 0 Å². The molecule has 0 bridgehead atoms. The number of hydrogen-bond acceptors (Lipinski definition) is 7. The van der Waals surface area contributed by atoms with Gasteiger partial charge in [0.1, 0.15) is 5.82 Å². The predicted octanol–water partition coefficient (Wildman–Crippen LogP) is 1.53. The van der Waals surface area contributed by atoms with E-state index in [-0.39, 0.29) is 29.5 Å². The van der Waals surface area contributed by atoms with E-state index in [4.69, 9.17) is 4.74 Å². The fourth-order valence-corrected chi connectivity index (χ4v) is 4.54. The quantitative estimate of drug-likeness (QED) is 0.357. The number of nitrogens with one attached hydrogen (secondary N) is 1. The Balaban J connectivity index is 0.00000280. The second-order valence-corrected chi connectivity index (χ2v) is 8.18. The molecule has 0 amide bonds. The molecule has 0 unspecified atom stereocenters. The maximum absolute atomic E-state index is 5.58. The van der Waals surface area contributed by atoms with Crippen LogP contribution in [0.2, 0.25) is 0 Å². The summed E-state index contributed by atoms with van der Waals surface area (Å²) < 4.78 is 9.99. The molecule has 3 rings (SSSR count). The Morgan fingerprint density at radius 3 is 2.46 bits per heavy atom. The Kier molecular flexibility index (Phi) is 9.16. The van der Waals surface area contributed by atoms with Crippen molar-refractivity contribution in [3.8, 4) is 0 Å². The minimum absolute atomic E-state index is 0. The summed E-state index contributed by atoms with van der Waals surface area (Å²) in [7, 11) is 6.21. The third kappa shape index (κ3) is 5.45. The zero-order valence-corrected chi connectivity index (χ0v) is 20.6. The molecule has 0 atom stereocenters. The van der Waals surface area contributed by atoms with Gasteiger partial charge < -0.3 is 24.8 Å². The first kappa shape index (κ1) is 23.6. The number of nitrogens with zero attached hydrogens (tertiary/aromatic N) is 6. The Bertz CT molecular complexity index is 625. The highest BCUT2D eigenvalue weighted by atomic mass is 127. The van der Waals surface area contributed by atoms with E-state index in [1.54, 1.807) is 0 Å². The van der Waals surface area contributed by atoms with E-state index in [2.05, 4.69) is 55.4 Å². The van der Waals surface area contributed by atoms with E-state index in [1.807, 2.05) is 7.05 Å². The van der Waals surface area contributed by atoms with Crippen molar-refractivity contribution in [2.75, 3.05) is 72.0 Å². The fourth-order valence-electron chi connectivity index (χ4n) is 3.74. The zero-order chi connectivity index (χ0) is 19.3. The van der Waals surface area contributed by atoms with Gasteiger partial charge in [-0.05, 0) is 26.9 Å². The van der Waals surface area contributed by atoms with Gasteiger partial charge in [-0.3, -0.25) is 4.99 Å². The standard InChI is InChI=1S/C18H33N7OS.HI/c1-5-15-21-17(27-22-15)25-10-8-24(9-11-25)16(19-2)20-14-18(23(3)4)6-12-26-13-7-18;/h5-14H2,1-4H3,(H,19,20);1H. The van der Waals surface area contributed by atoms with E-state index in [0.717, 1.165) is 82.1 Å². The first-order valence-electron chi connectivity index (χ1n) is 9.86. The van der Waals surface area contributed by atoms with Crippen molar-refractivity contribution >= 4 is 46.6 Å². The molecule has 8 nitrogen and oxygen atoms in total. The van der Waals surface area contributed by atoms with Gasteiger partial charge in [0.15, 0.2) is 5.96 Å². The van der Waals surface area contributed by atoms with Gasteiger partial charge in [-0.15, -0.1) is 24.0 Å². The van der Waals surface area contributed by atoms with Crippen LogP contribution >= 0.6 is 35.5 Å². The maximum Gasteiger partial charge on any atom is 0.205 e. The van der Waals surface area contributed by atoms with Gasteiger partial charge in [0.25, 0.3) is 0 Å². The van der Waals surface area contributed by atoms with Crippen molar-refractivity contribution < 1.29 is 4.74 Å². The van der Waals surface area contributed by atoms with Crippen LogP contribution < -0.4 is 10.2 Å². The second kappa shape index (κ2) is 10.9. The SMILES string of the molecule is CCc1nsc(N2CCN(C(=NC)NCC3(N(C)C)CCOCC3)CC2)n1.I. The van der Waals surface area contributed by atoms with E-state index >= 15 is 0 Å². The molecule has 3 heterocycles. The number of halogens is 1. The molecule has 0 saturated carbocycles. The lowest BCUT2D eigenvalue weighted by molar-refractivity contribution is -0.00526. The zero-order valence-electron chi connectivity index (χ0n) is 17.5. The fraction of sp³-hybridized carbons (Fsp3) is 0.833. The van der Waals surface area contributed by atoms with Crippen LogP contribution in [0.15, 0.2) is 4.99 Å². The summed E-state index contributed by atoms with van der Waals surface area (Å²) in [5, 5.41) is 4.68. The minimum atomic E-state index is 0. The van der Waals surface area contributed by atoms with Crippen LogP contribution in [0.25, 0.3) is 0 Å². The lowest BCUT2D eigenvalue weighted by Crippen LogP contribution is -2.59. The van der Waals surface area contributed by atoms with E-state index in [9.17, 15) is 0 Å². The first-order valence-corrected chi connectivity index (χ1v) is 10.6. The smallest absolute Gasteiger partial charge is 0.205 e. The number of anilines is 1. The molecule has 0 aliphatic carbocycles. The van der Waals surface area contributed by atoms with E-state index < -0.39 is 0 Å². The number of aryl methyl sites for hydroxylation is 1. The van der Waals surface area contributed by atoms with Gasteiger partial charge in [0.05, 0.1) is 0 Å². The molecule has 2 saturated heterocycles. The predicted molar refractivity (Wildman–Crippen MR) is 126 cm³/mol. The van der Waals surface area contributed by atoms with Gasteiger partial charge in [-0.25, -0.2) is 4.98 Å². The van der Waals surface area contributed by atoms with Gasteiger partial charge in [-0.1, -0.05) is 6.92 Å². The molecule has 28 heavy (non-hydrogen) atoms. The van der Waals surface area contributed by atoms with Crippen LogP contribution in [-0.4, -0.2) is 97.7 Å². The largest absolute Gasteiger partial charge is 0.381 e. The van der Waals surface area contributed by atoms with Crippen LogP contribution in [0.5, 0.6) is 0 Å².